The maximum atomic E-state index is 12.4. The van der Waals surface area contributed by atoms with Crippen LogP contribution in [0.15, 0.2) is 18.2 Å². The average molecular weight is 319 g/mol. The van der Waals surface area contributed by atoms with Gasteiger partial charge in [0.15, 0.2) is 0 Å². The number of hydrogen-bond donors (Lipinski definition) is 0. The minimum absolute atomic E-state index is 0.0446. The second kappa shape index (κ2) is 7.11. The molecule has 1 aromatic rings. The number of nitrogens with zero attached hydrogens (tertiary/aromatic N) is 1. The van der Waals surface area contributed by atoms with Crippen molar-refractivity contribution < 1.29 is 14.5 Å². The summed E-state index contributed by atoms with van der Waals surface area (Å²) in [5, 5.41) is 11.0. The lowest BCUT2D eigenvalue weighted by Gasteiger charge is -2.36. The highest BCUT2D eigenvalue weighted by atomic mass is 16.6. The van der Waals surface area contributed by atoms with Crippen molar-refractivity contribution in [1.29, 1.82) is 0 Å². The molecule has 5 heteroatoms. The average Bonchev–Trinajstić information content (AvgIpc) is 2.46. The van der Waals surface area contributed by atoms with E-state index in [2.05, 4.69) is 20.8 Å². The highest BCUT2D eigenvalue weighted by molar-refractivity contribution is 5.90. The summed E-state index contributed by atoms with van der Waals surface area (Å²) in [5.74, 6) is 0.885. The molecule has 5 nitrogen and oxygen atoms in total. The highest BCUT2D eigenvalue weighted by Gasteiger charge is 2.33. The maximum Gasteiger partial charge on any atom is 0.338 e. The van der Waals surface area contributed by atoms with Gasteiger partial charge in [-0.2, -0.15) is 0 Å². The van der Waals surface area contributed by atoms with Crippen LogP contribution in [0.2, 0.25) is 0 Å². The molecule has 0 amide bonds. The fourth-order valence-electron chi connectivity index (χ4n) is 3.39. The van der Waals surface area contributed by atoms with E-state index in [1.807, 2.05) is 0 Å². The lowest BCUT2D eigenvalue weighted by Crippen LogP contribution is -2.35. The van der Waals surface area contributed by atoms with E-state index in [1.165, 1.54) is 6.07 Å². The number of carbonyl (C=O) groups excluding carboxylic acids is 1. The fourth-order valence-corrected chi connectivity index (χ4v) is 3.39. The second-order valence-electron chi connectivity index (χ2n) is 7.03. The molecule has 0 heterocycles. The van der Waals surface area contributed by atoms with Gasteiger partial charge in [0.25, 0.3) is 5.69 Å². The Bertz CT molecular complexity index is 597. The van der Waals surface area contributed by atoms with Crippen LogP contribution in [0.4, 0.5) is 5.69 Å². The van der Waals surface area contributed by atoms with E-state index in [0.717, 1.165) is 19.3 Å². The van der Waals surface area contributed by atoms with E-state index in [4.69, 9.17) is 4.74 Å². The molecule has 3 atom stereocenters. The monoisotopic (exact) mass is 319 g/mol. The third kappa shape index (κ3) is 4.09. The Morgan fingerprint density at radius 3 is 2.65 bits per heavy atom. The number of nitro benzene ring substituents is 1. The molecule has 1 saturated carbocycles. The van der Waals surface area contributed by atoms with Crippen LogP contribution in [0.1, 0.15) is 56.0 Å². The lowest BCUT2D eigenvalue weighted by atomic mass is 9.75. The molecule has 1 aliphatic rings. The summed E-state index contributed by atoms with van der Waals surface area (Å²) in [6, 6.07) is 4.51. The van der Waals surface area contributed by atoms with Crippen molar-refractivity contribution in [3.63, 3.8) is 0 Å². The van der Waals surface area contributed by atoms with Crippen LogP contribution in [0.25, 0.3) is 0 Å². The zero-order chi connectivity index (χ0) is 17.1. The number of hydrogen-bond acceptors (Lipinski definition) is 4. The summed E-state index contributed by atoms with van der Waals surface area (Å²) < 4.78 is 5.73. The van der Waals surface area contributed by atoms with Gasteiger partial charge in [0.2, 0.25) is 0 Å². The molecule has 0 saturated heterocycles. The predicted octanol–water partition coefficient (Wildman–Crippen LogP) is 4.52. The van der Waals surface area contributed by atoms with Crippen molar-refractivity contribution >= 4 is 11.7 Å². The van der Waals surface area contributed by atoms with E-state index in [0.29, 0.717) is 23.3 Å². The predicted molar refractivity (Wildman–Crippen MR) is 88.4 cm³/mol. The van der Waals surface area contributed by atoms with Crippen molar-refractivity contribution in [2.75, 3.05) is 0 Å². The molecule has 2 rings (SSSR count). The molecule has 1 aromatic carbocycles. The molecule has 0 radical (unpaired) electrons. The third-order valence-electron chi connectivity index (χ3n) is 4.86. The Balaban J connectivity index is 2.17. The largest absolute Gasteiger partial charge is 0.458 e. The summed E-state index contributed by atoms with van der Waals surface area (Å²) in [7, 11) is 0. The van der Waals surface area contributed by atoms with E-state index in [-0.39, 0.29) is 17.4 Å². The first-order valence-corrected chi connectivity index (χ1v) is 8.25. The van der Waals surface area contributed by atoms with Crippen LogP contribution in [0.5, 0.6) is 0 Å². The van der Waals surface area contributed by atoms with E-state index < -0.39 is 10.9 Å². The summed E-state index contributed by atoms with van der Waals surface area (Å²) >= 11 is 0. The van der Waals surface area contributed by atoms with Gasteiger partial charge in [-0.3, -0.25) is 10.1 Å². The Hall–Kier alpha value is -1.91. The molecule has 0 unspecified atom stereocenters. The van der Waals surface area contributed by atoms with E-state index in [1.54, 1.807) is 19.1 Å². The van der Waals surface area contributed by atoms with Gasteiger partial charge in [0.1, 0.15) is 6.10 Å². The van der Waals surface area contributed by atoms with Gasteiger partial charge in [-0.1, -0.05) is 33.3 Å². The maximum absolute atomic E-state index is 12.4. The zero-order valence-corrected chi connectivity index (χ0v) is 14.2. The Labute approximate surface area is 137 Å². The molecule has 0 aliphatic heterocycles. The van der Waals surface area contributed by atoms with Crippen LogP contribution < -0.4 is 0 Å². The van der Waals surface area contributed by atoms with Gasteiger partial charge >= 0.3 is 5.97 Å². The number of nitro groups is 1. The van der Waals surface area contributed by atoms with Crippen molar-refractivity contribution in [3.8, 4) is 0 Å². The number of benzene rings is 1. The SMILES string of the molecule is Cc1ccc(C(=O)O[C@@H]2C[C@@H](C)CC[C@H]2C(C)C)cc1[N+](=O)[O-]. The summed E-state index contributed by atoms with van der Waals surface area (Å²) in [6.07, 6.45) is 2.98. The molecule has 1 aliphatic carbocycles. The van der Waals surface area contributed by atoms with Gasteiger partial charge in [-0.25, -0.2) is 4.79 Å². The van der Waals surface area contributed by atoms with Gasteiger partial charge < -0.3 is 4.74 Å². The molecule has 0 bridgehead atoms. The molecular formula is C18H25NO4. The minimum Gasteiger partial charge on any atom is -0.458 e. The molecule has 23 heavy (non-hydrogen) atoms. The molecule has 0 spiro atoms. The molecule has 126 valence electrons. The highest BCUT2D eigenvalue weighted by Crippen LogP contribution is 2.35. The topological polar surface area (TPSA) is 69.4 Å². The van der Waals surface area contributed by atoms with Crippen LogP contribution in [0.3, 0.4) is 0 Å². The normalized spacial score (nSPS) is 24.5. The smallest absolute Gasteiger partial charge is 0.338 e. The summed E-state index contributed by atoms with van der Waals surface area (Å²) in [6.45, 7) is 8.13. The van der Waals surface area contributed by atoms with Crippen LogP contribution in [-0.2, 0) is 4.74 Å². The first-order chi connectivity index (χ1) is 10.8. The first kappa shape index (κ1) is 17.4. The van der Waals surface area contributed by atoms with Crippen molar-refractivity contribution in [2.45, 2.75) is 53.1 Å². The van der Waals surface area contributed by atoms with E-state index in [9.17, 15) is 14.9 Å². The number of carbonyl (C=O) groups is 1. The zero-order valence-electron chi connectivity index (χ0n) is 14.2. The van der Waals surface area contributed by atoms with E-state index >= 15 is 0 Å². The molecular weight excluding hydrogens is 294 g/mol. The molecule has 0 N–H and O–H groups in total. The fraction of sp³-hybridized carbons (Fsp3) is 0.611. The molecule has 0 aromatic heterocycles. The van der Waals surface area contributed by atoms with Crippen molar-refractivity contribution in [1.82, 2.24) is 0 Å². The van der Waals surface area contributed by atoms with Gasteiger partial charge in [-0.15, -0.1) is 0 Å². The van der Waals surface area contributed by atoms with Gasteiger partial charge in [0, 0.05) is 11.6 Å². The quantitative estimate of drug-likeness (QED) is 0.465. The summed E-state index contributed by atoms with van der Waals surface area (Å²) in [4.78, 5) is 23.0. The lowest BCUT2D eigenvalue weighted by molar-refractivity contribution is -0.385. The van der Waals surface area contributed by atoms with Crippen molar-refractivity contribution in [2.24, 2.45) is 17.8 Å². The Morgan fingerprint density at radius 1 is 1.35 bits per heavy atom. The van der Waals surface area contributed by atoms with Crippen LogP contribution >= 0.6 is 0 Å². The summed E-state index contributed by atoms with van der Waals surface area (Å²) in [5.41, 5.74) is 0.748. The van der Waals surface area contributed by atoms with Gasteiger partial charge in [-0.05, 0) is 43.6 Å². The number of ether oxygens (including phenoxy) is 1. The number of esters is 1. The van der Waals surface area contributed by atoms with Crippen molar-refractivity contribution in [3.05, 3.63) is 39.4 Å². The molecule has 1 fully saturated rings. The Kier molecular flexibility index (Phi) is 5.39. The minimum atomic E-state index is -0.467. The third-order valence-corrected chi connectivity index (χ3v) is 4.86. The van der Waals surface area contributed by atoms with Crippen LogP contribution in [-0.4, -0.2) is 17.0 Å². The second-order valence-corrected chi connectivity index (χ2v) is 7.03. The number of aryl methyl sites for hydroxylation is 1. The van der Waals surface area contributed by atoms with Gasteiger partial charge in [0.05, 0.1) is 10.5 Å². The van der Waals surface area contributed by atoms with Crippen LogP contribution in [0, 0.1) is 34.8 Å². The number of rotatable bonds is 4. The Morgan fingerprint density at radius 2 is 2.04 bits per heavy atom. The first-order valence-electron chi connectivity index (χ1n) is 8.25. The standard InChI is InChI=1S/C18H25NO4/c1-11(2)15-8-5-12(3)9-17(15)23-18(20)14-7-6-13(4)16(10-14)19(21)22/h6-7,10-12,15,17H,5,8-9H2,1-4H3/t12-,15-,17+/m0/s1.